The lowest BCUT2D eigenvalue weighted by atomic mass is 9.85. The average molecular weight is 441 g/mol. The number of nitrogens with zero attached hydrogens (tertiary/aromatic N) is 1. The molecule has 0 unspecified atom stereocenters. The molecule has 0 aromatic heterocycles. The van der Waals surface area contributed by atoms with Gasteiger partial charge in [-0.15, -0.1) is 0 Å². The average Bonchev–Trinajstić information content (AvgIpc) is 2.55. The normalized spacial score (nSPS) is 14.6. The molecule has 3 N–H and O–H groups in total. The second kappa shape index (κ2) is 11.2. The van der Waals surface area contributed by atoms with Gasteiger partial charge in [-0.1, -0.05) is 41.5 Å². The van der Waals surface area contributed by atoms with Crippen molar-refractivity contribution in [2.24, 2.45) is 10.8 Å². The van der Waals surface area contributed by atoms with E-state index in [2.05, 4.69) is 16.0 Å². The molecule has 31 heavy (non-hydrogen) atoms. The fourth-order valence-corrected chi connectivity index (χ4v) is 2.61. The first-order chi connectivity index (χ1) is 13.8. The van der Waals surface area contributed by atoms with Gasteiger partial charge in [0.2, 0.25) is 23.6 Å². The Balaban J connectivity index is 5.64. The van der Waals surface area contributed by atoms with E-state index >= 15 is 0 Å². The number of hydrogen-bond acceptors (Lipinski definition) is 5. The molecule has 0 bridgehead atoms. The third kappa shape index (κ3) is 10.9. The van der Waals surface area contributed by atoms with Crippen LogP contribution in [0.2, 0.25) is 0 Å². The zero-order valence-electron chi connectivity index (χ0n) is 20.6. The molecule has 0 spiro atoms. The summed E-state index contributed by atoms with van der Waals surface area (Å²) in [4.78, 5) is 63.3. The monoisotopic (exact) mass is 440 g/mol. The number of rotatable bonds is 9. The lowest BCUT2D eigenvalue weighted by Gasteiger charge is -2.33. The van der Waals surface area contributed by atoms with Gasteiger partial charge < -0.3 is 20.9 Å². The van der Waals surface area contributed by atoms with Crippen LogP contribution in [0.15, 0.2) is 0 Å². The van der Waals surface area contributed by atoms with E-state index in [4.69, 9.17) is 0 Å². The largest absolute Gasteiger partial charge is 0.349 e. The summed E-state index contributed by atoms with van der Waals surface area (Å²) in [6.07, 6.45) is -0.0476. The van der Waals surface area contributed by atoms with Gasteiger partial charge in [0.1, 0.15) is 12.1 Å². The van der Waals surface area contributed by atoms with E-state index in [0.29, 0.717) is 0 Å². The molecule has 0 heterocycles. The van der Waals surface area contributed by atoms with Gasteiger partial charge in [0.15, 0.2) is 5.78 Å². The fraction of sp³-hybridized carbons (Fsp3) is 0.773. The van der Waals surface area contributed by atoms with Crippen LogP contribution in [-0.4, -0.2) is 66.5 Å². The summed E-state index contributed by atoms with van der Waals surface area (Å²) in [6, 6.07) is -2.86. The van der Waals surface area contributed by atoms with Gasteiger partial charge in [0.05, 0.1) is 12.5 Å². The van der Waals surface area contributed by atoms with Crippen molar-refractivity contribution in [3.05, 3.63) is 0 Å². The highest BCUT2D eigenvalue weighted by molar-refractivity contribution is 5.96. The Kier molecular flexibility index (Phi) is 10.4. The first-order valence-corrected chi connectivity index (χ1v) is 10.5. The number of hydrogen-bond donors (Lipinski definition) is 3. The number of ketones is 1. The highest BCUT2D eigenvalue weighted by atomic mass is 16.2. The molecule has 0 aliphatic carbocycles. The Morgan fingerprint density at radius 3 is 1.74 bits per heavy atom. The van der Waals surface area contributed by atoms with Gasteiger partial charge in [0.25, 0.3) is 0 Å². The Labute approximate surface area is 186 Å². The van der Waals surface area contributed by atoms with Gasteiger partial charge in [0, 0.05) is 20.5 Å². The molecule has 0 fully saturated rings. The quantitative estimate of drug-likeness (QED) is 0.493. The molecule has 9 heteroatoms. The third-order valence-corrected chi connectivity index (χ3v) is 4.60. The van der Waals surface area contributed by atoms with Crippen molar-refractivity contribution < 1.29 is 24.0 Å². The summed E-state index contributed by atoms with van der Waals surface area (Å²) in [5.41, 5.74) is -0.900. The lowest BCUT2D eigenvalue weighted by Crippen LogP contribution is -2.59. The third-order valence-electron chi connectivity index (χ3n) is 4.60. The SMILES string of the molecule is CC(=O)[C@H](C)NC(=O)[C@H](CC(=O)N(C)C)NC(=O)[C@@H](NC(=O)CC(C)(C)C)C(C)(C)C. The predicted octanol–water partition coefficient (Wildman–Crippen LogP) is 1.01. The zero-order valence-corrected chi connectivity index (χ0v) is 20.6. The lowest BCUT2D eigenvalue weighted by molar-refractivity contribution is -0.138. The van der Waals surface area contributed by atoms with E-state index in [9.17, 15) is 24.0 Å². The van der Waals surface area contributed by atoms with Crippen molar-refractivity contribution in [2.75, 3.05) is 14.1 Å². The zero-order chi connectivity index (χ0) is 24.7. The molecular weight excluding hydrogens is 400 g/mol. The summed E-state index contributed by atoms with van der Waals surface area (Å²) >= 11 is 0. The van der Waals surface area contributed by atoms with Crippen LogP contribution >= 0.6 is 0 Å². The van der Waals surface area contributed by atoms with E-state index in [0.717, 1.165) is 0 Å². The summed E-state index contributed by atoms with van der Waals surface area (Å²) in [7, 11) is 3.09. The van der Waals surface area contributed by atoms with Crippen LogP contribution in [0.4, 0.5) is 0 Å². The van der Waals surface area contributed by atoms with Crippen molar-refractivity contribution in [1.82, 2.24) is 20.9 Å². The van der Waals surface area contributed by atoms with Crippen LogP contribution in [0.1, 0.15) is 68.2 Å². The molecule has 0 rings (SSSR count). The highest BCUT2D eigenvalue weighted by Crippen LogP contribution is 2.22. The van der Waals surface area contributed by atoms with Crippen molar-refractivity contribution in [2.45, 2.75) is 86.4 Å². The Bertz CT molecular complexity index is 689. The second-order valence-electron chi connectivity index (χ2n) is 10.5. The first-order valence-electron chi connectivity index (χ1n) is 10.5. The van der Waals surface area contributed by atoms with Gasteiger partial charge >= 0.3 is 0 Å². The van der Waals surface area contributed by atoms with E-state index < -0.39 is 35.4 Å². The van der Waals surface area contributed by atoms with Gasteiger partial charge in [-0.2, -0.15) is 0 Å². The molecule has 0 saturated heterocycles. The molecule has 0 aromatic rings. The standard InChI is InChI=1S/C22H40N4O5/c1-13(14(2)27)23-19(30)15(11-17(29)26(9)10)24-20(31)18(22(6,7)8)25-16(28)12-21(3,4)5/h13,15,18H,11-12H2,1-10H3,(H,23,30)(H,24,31)(H,25,28)/t13-,15-,18+/m0/s1. The van der Waals surface area contributed by atoms with Gasteiger partial charge in [-0.05, 0) is 24.7 Å². The minimum atomic E-state index is -1.19. The van der Waals surface area contributed by atoms with Crippen LogP contribution < -0.4 is 16.0 Å². The van der Waals surface area contributed by atoms with Crippen LogP contribution in [0.5, 0.6) is 0 Å². The Morgan fingerprint density at radius 2 is 1.35 bits per heavy atom. The van der Waals surface area contributed by atoms with Crippen molar-refractivity contribution in [3.8, 4) is 0 Å². The second-order valence-corrected chi connectivity index (χ2v) is 10.5. The van der Waals surface area contributed by atoms with E-state index in [-0.39, 0.29) is 35.9 Å². The van der Waals surface area contributed by atoms with Gasteiger partial charge in [-0.3, -0.25) is 24.0 Å². The number of amides is 4. The fourth-order valence-electron chi connectivity index (χ4n) is 2.61. The van der Waals surface area contributed by atoms with Crippen LogP contribution in [0.25, 0.3) is 0 Å². The van der Waals surface area contributed by atoms with Crippen molar-refractivity contribution in [3.63, 3.8) is 0 Å². The summed E-state index contributed by atoms with van der Waals surface area (Å²) < 4.78 is 0. The van der Waals surface area contributed by atoms with Crippen LogP contribution in [0, 0.1) is 10.8 Å². The molecule has 0 saturated carbocycles. The molecule has 4 amide bonds. The molecule has 0 aliphatic heterocycles. The van der Waals surface area contributed by atoms with Crippen LogP contribution in [-0.2, 0) is 24.0 Å². The molecule has 0 aliphatic rings. The maximum Gasteiger partial charge on any atom is 0.243 e. The minimum absolute atomic E-state index is 0.228. The summed E-state index contributed by atoms with van der Waals surface area (Å²) in [5.74, 6) is -2.10. The number of carbonyl (C=O) groups excluding carboxylic acids is 5. The summed E-state index contributed by atoms with van der Waals surface area (Å²) in [5, 5.41) is 7.88. The predicted molar refractivity (Wildman–Crippen MR) is 119 cm³/mol. The number of carbonyl (C=O) groups is 5. The molecule has 0 radical (unpaired) electrons. The van der Waals surface area contributed by atoms with E-state index in [1.807, 2.05) is 20.8 Å². The van der Waals surface area contributed by atoms with Crippen LogP contribution in [0.3, 0.4) is 0 Å². The van der Waals surface area contributed by atoms with Crippen molar-refractivity contribution >= 4 is 29.4 Å². The van der Waals surface area contributed by atoms with E-state index in [1.165, 1.54) is 18.7 Å². The number of Topliss-reactive ketones (excluding diaryl/α,β-unsaturated/α-hetero) is 1. The first kappa shape index (κ1) is 28.5. The number of nitrogens with one attached hydrogen (secondary N) is 3. The molecular formula is C22H40N4O5. The Morgan fingerprint density at radius 1 is 0.839 bits per heavy atom. The van der Waals surface area contributed by atoms with Crippen molar-refractivity contribution in [1.29, 1.82) is 0 Å². The smallest absolute Gasteiger partial charge is 0.243 e. The minimum Gasteiger partial charge on any atom is -0.349 e. The maximum absolute atomic E-state index is 13.1. The molecule has 178 valence electrons. The maximum atomic E-state index is 13.1. The molecule has 9 nitrogen and oxygen atoms in total. The van der Waals surface area contributed by atoms with Gasteiger partial charge in [-0.25, -0.2) is 0 Å². The topological polar surface area (TPSA) is 125 Å². The molecule has 3 atom stereocenters. The Hall–Kier alpha value is -2.45. The molecule has 0 aromatic carbocycles. The summed E-state index contributed by atoms with van der Waals surface area (Å²) in [6.45, 7) is 14.0. The highest BCUT2D eigenvalue weighted by Gasteiger charge is 2.36. The van der Waals surface area contributed by atoms with E-state index in [1.54, 1.807) is 34.9 Å².